The van der Waals surface area contributed by atoms with Gasteiger partial charge in [-0.3, -0.25) is 4.79 Å². The van der Waals surface area contributed by atoms with Crippen LogP contribution >= 0.6 is 0 Å². The molecular weight excluding hydrogens is 340 g/mol. The van der Waals surface area contributed by atoms with Gasteiger partial charge in [0.2, 0.25) is 5.91 Å². The van der Waals surface area contributed by atoms with Gasteiger partial charge in [0.05, 0.1) is 11.8 Å². The summed E-state index contributed by atoms with van der Waals surface area (Å²) in [5.74, 6) is -0.0205. The molecule has 1 saturated heterocycles. The number of carbonyl (C=O) groups excluding carboxylic acids is 1. The number of hydrogen-bond donors (Lipinski definition) is 1. The molecule has 0 saturated carbocycles. The summed E-state index contributed by atoms with van der Waals surface area (Å²) in [5.41, 5.74) is 0.156. The van der Waals surface area contributed by atoms with Crippen LogP contribution in [0.5, 0.6) is 0 Å². The maximum absolute atomic E-state index is 13.8. The lowest BCUT2D eigenvalue weighted by Crippen LogP contribution is -2.40. The number of likely N-dealkylation sites (tertiary alicyclic amines) is 1. The molecule has 2 heterocycles. The maximum atomic E-state index is 13.8. The summed E-state index contributed by atoms with van der Waals surface area (Å²) in [6.45, 7) is 2.55. The summed E-state index contributed by atoms with van der Waals surface area (Å²) in [4.78, 5) is 18.3. The lowest BCUT2D eigenvalue weighted by molar-refractivity contribution is -0.132. The molecule has 0 atom stereocenters. The monoisotopic (exact) mass is 363 g/mol. The van der Waals surface area contributed by atoms with Crippen LogP contribution in [-0.2, 0) is 11.2 Å². The average molecular weight is 363 g/mol. The summed E-state index contributed by atoms with van der Waals surface area (Å²) < 4.78 is 32.3. The Morgan fingerprint density at radius 3 is 2.81 bits per heavy atom. The molecule has 1 aliphatic rings. The lowest BCUT2D eigenvalue weighted by Gasteiger charge is -2.32. The van der Waals surface area contributed by atoms with Crippen molar-refractivity contribution in [2.24, 2.45) is 5.92 Å². The fraction of sp³-hybridized carbons (Fsp3) is 0.474. The number of aromatic nitrogens is 1. The molecule has 3 rings (SSSR count). The predicted octanol–water partition coefficient (Wildman–Crippen LogP) is 3.01. The van der Waals surface area contributed by atoms with Crippen molar-refractivity contribution in [2.45, 2.75) is 25.7 Å². The number of piperidine rings is 1. The van der Waals surface area contributed by atoms with Crippen LogP contribution in [0.3, 0.4) is 0 Å². The highest BCUT2D eigenvalue weighted by atomic mass is 19.1. The van der Waals surface area contributed by atoms with E-state index in [1.807, 2.05) is 11.9 Å². The van der Waals surface area contributed by atoms with Crippen molar-refractivity contribution in [3.8, 4) is 11.3 Å². The molecule has 1 aliphatic heterocycles. The topological polar surface area (TPSA) is 58.4 Å². The second kappa shape index (κ2) is 8.40. The molecule has 7 heteroatoms. The molecule has 1 aromatic carbocycles. The van der Waals surface area contributed by atoms with E-state index >= 15 is 0 Å². The van der Waals surface area contributed by atoms with Gasteiger partial charge in [0.25, 0.3) is 0 Å². The van der Waals surface area contributed by atoms with Gasteiger partial charge in [-0.2, -0.15) is 0 Å². The van der Waals surface area contributed by atoms with Crippen molar-refractivity contribution in [3.05, 3.63) is 41.9 Å². The Labute approximate surface area is 151 Å². The normalized spacial score (nSPS) is 15.4. The summed E-state index contributed by atoms with van der Waals surface area (Å²) in [5, 5.41) is 3.18. The van der Waals surface area contributed by atoms with Crippen molar-refractivity contribution in [2.75, 3.05) is 26.7 Å². The van der Waals surface area contributed by atoms with Crippen molar-refractivity contribution < 1.29 is 18.0 Å². The van der Waals surface area contributed by atoms with E-state index in [1.54, 1.807) is 0 Å². The van der Waals surface area contributed by atoms with E-state index in [4.69, 9.17) is 4.42 Å². The van der Waals surface area contributed by atoms with E-state index < -0.39 is 11.6 Å². The van der Waals surface area contributed by atoms with Crippen molar-refractivity contribution in [1.29, 1.82) is 0 Å². The Bertz CT molecular complexity index is 755. The molecule has 26 heavy (non-hydrogen) atoms. The molecule has 1 fully saturated rings. The van der Waals surface area contributed by atoms with Crippen LogP contribution in [0.15, 0.2) is 28.8 Å². The van der Waals surface area contributed by atoms with Crippen molar-refractivity contribution in [1.82, 2.24) is 15.2 Å². The molecule has 140 valence electrons. The number of carbonyl (C=O) groups is 1. The second-order valence-corrected chi connectivity index (χ2v) is 6.62. The Kier molecular flexibility index (Phi) is 5.98. The molecular formula is C19H23F2N3O2. The lowest BCUT2D eigenvalue weighted by atomic mass is 9.96. The molecule has 0 spiro atoms. The van der Waals surface area contributed by atoms with E-state index in [0.717, 1.165) is 38.5 Å². The Hall–Kier alpha value is -2.28. The third-order valence-electron chi connectivity index (χ3n) is 4.76. The van der Waals surface area contributed by atoms with Gasteiger partial charge in [-0.1, -0.05) is 0 Å². The molecule has 5 nitrogen and oxygen atoms in total. The first-order valence-electron chi connectivity index (χ1n) is 8.89. The average Bonchev–Trinajstić information content (AvgIpc) is 3.09. The number of hydrogen-bond acceptors (Lipinski definition) is 4. The number of nitrogens with one attached hydrogen (secondary N) is 1. The highest BCUT2D eigenvalue weighted by molar-refractivity contribution is 5.76. The minimum absolute atomic E-state index is 0.0839. The summed E-state index contributed by atoms with van der Waals surface area (Å²) in [7, 11) is 1.94. The molecule has 0 unspecified atom stereocenters. The number of halogens is 2. The predicted molar refractivity (Wildman–Crippen MR) is 93.4 cm³/mol. The molecule has 1 N–H and O–H groups in total. The van der Waals surface area contributed by atoms with Gasteiger partial charge in [-0.05, 0) is 44.5 Å². The van der Waals surface area contributed by atoms with Gasteiger partial charge in [0.15, 0.2) is 11.7 Å². The second-order valence-electron chi connectivity index (χ2n) is 6.62. The first-order valence-corrected chi connectivity index (χ1v) is 8.89. The molecule has 1 aromatic heterocycles. The minimum atomic E-state index is -0.701. The number of oxazole rings is 1. The van der Waals surface area contributed by atoms with Crippen LogP contribution in [0.25, 0.3) is 11.3 Å². The number of amides is 1. The smallest absolute Gasteiger partial charge is 0.223 e. The zero-order chi connectivity index (χ0) is 18.5. The maximum Gasteiger partial charge on any atom is 0.223 e. The highest BCUT2D eigenvalue weighted by Crippen LogP contribution is 2.25. The van der Waals surface area contributed by atoms with E-state index in [1.165, 1.54) is 18.3 Å². The first-order chi connectivity index (χ1) is 12.6. The van der Waals surface area contributed by atoms with E-state index in [-0.39, 0.29) is 17.2 Å². The van der Waals surface area contributed by atoms with Crippen molar-refractivity contribution >= 4 is 5.91 Å². The minimum Gasteiger partial charge on any atom is -0.441 e. The molecule has 1 amide bonds. The van der Waals surface area contributed by atoms with Gasteiger partial charge in [-0.15, -0.1) is 0 Å². The largest absolute Gasteiger partial charge is 0.441 e. The third kappa shape index (κ3) is 4.46. The van der Waals surface area contributed by atoms with Gasteiger partial charge in [0, 0.05) is 32.0 Å². The van der Waals surface area contributed by atoms with Gasteiger partial charge < -0.3 is 14.6 Å². The van der Waals surface area contributed by atoms with Crippen LogP contribution in [0.1, 0.15) is 25.2 Å². The van der Waals surface area contributed by atoms with Crippen molar-refractivity contribution in [3.63, 3.8) is 0 Å². The Balaban J connectivity index is 1.53. The van der Waals surface area contributed by atoms with Gasteiger partial charge >= 0.3 is 0 Å². The number of rotatable bonds is 6. The number of aryl methyl sites for hydroxylation is 1. The van der Waals surface area contributed by atoms with Gasteiger partial charge in [0.1, 0.15) is 11.6 Å². The molecule has 0 aliphatic carbocycles. The first kappa shape index (κ1) is 18.5. The van der Waals surface area contributed by atoms with Crippen LogP contribution in [0.2, 0.25) is 0 Å². The standard InChI is InChI=1S/C19H23F2N3O2/c1-22-11-13-6-8-24(9-7-13)19(25)5-4-18-23-12-17(26-18)15-3-2-14(20)10-16(15)21/h2-3,10,12-13,22H,4-9,11H2,1H3. The summed E-state index contributed by atoms with van der Waals surface area (Å²) >= 11 is 0. The van der Waals surface area contributed by atoms with Crippen LogP contribution in [0.4, 0.5) is 8.78 Å². The fourth-order valence-corrected chi connectivity index (χ4v) is 3.29. The van der Waals surface area contributed by atoms with E-state index in [2.05, 4.69) is 10.3 Å². The fourth-order valence-electron chi connectivity index (χ4n) is 3.29. The zero-order valence-corrected chi connectivity index (χ0v) is 14.8. The molecule has 2 aromatic rings. The SMILES string of the molecule is CNCC1CCN(C(=O)CCc2ncc(-c3ccc(F)cc3F)o2)CC1. The van der Waals surface area contributed by atoms with E-state index in [0.29, 0.717) is 24.7 Å². The Morgan fingerprint density at radius 1 is 1.35 bits per heavy atom. The van der Waals surface area contributed by atoms with Crippen LogP contribution in [0, 0.1) is 17.6 Å². The highest BCUT2D eigenvalue weighted by Gasteiger charge is 2.22. The summed E-state index contributed by atoms with van der Waals surface area (Å²) in [6, 6.07) is 3.29. The number of nitrogens with zero attached hydrogens (tertiary/aromatic N) is 2. The van der Waals surface area contributed by atoms with Crippen LogP contribution < -0.4 is 5.32 Å². The van der Waals surface area contributed by atoms with Gasteiger partial charge in [-0.25, -0.2) is 13.8 Å². The van der Waals surface area contributed by atoms with E-state index in [9.17, 15) is 13.6 Å². The zero-order valence-electron chi connectivity index (χ0n) is 14.8. The Morgan fingerprint density at radius 2 is 2.12 bits per heavy atom. The number of benzene rings is 1. The van der Waals surface area contributed by atoms with Crippen LogP contribution in [-0.4, -0.2) is 42.5 Å². The quantitative estimate of drug-likeness (QED) is 0.857. The molecule has 0 radical (unpaired) electrons. The molecule has 0 bridgehead atoms. The summed E-state index contributed by atoms with van der Waals surface area (Å²) in [6.07, 6.45) is 4.10. The third-order valence-corrected chi connectivity index (χ3v) is 4.76.